The number of anilines is 1. The molecule has 3 rings (SSSR count). The fourth-order valence-electron chi connectivity index (χ4n) is 1.75. The van der Waals surface area contributed by atoms with E-state index in [2.05, 4.69) is 10.1 Å². The third-order valence-electron chi connectivity index (χ3n) is 2.52. The zero-order valence-electron chi connectivity index (χ0n) is 9.79. The first kappa shape index (κ1) is 11.2. The largest absolute Gasteiger partial charge is 0.480 e. The monoisotopic (exact) mass is 261 g/mol. The molecule has 0 atom stereocenters. The number of carbonyl (C=O) groups is 1. The van der Waals surface area contributed by atoms with Crippen molar-refractivity contribution >= 4 is 38.5 Å². The second-order valence-corrected chi connectivity index (χ2v) is 4.78. The number of rotatable bonds is 2. The smallest absolute Gasteiger partial charge is 0.259 e. The van der Waals surface area contributed by atoms with Crippen LogP contribution in [0.1, 0.15) is 13.3 Å². The van der Waals surface area contributed by atoms with Crippen molar-refractivity contribution in [1.29, 1.82) is 0 Å². The zero-order chi connectivity index (χ0) is 12.5. The fraction of sp³-hybridized carbons (Fsp3) is 0.250. The number of amides is 1. The third-order valence-corrected chi connectivity index (χ3v) is 3.54. The SMILES string of the molecule is CCOC1=NN(c2nc3ccccc3s2)C(=O)C1. The molecular formula is C12H11N3O2S. The lowest BCUT2D eigenvalue weighted by Gasteiger charge is -2.04. The van der Waals surface area contributed by atoms with E-state index in [1.54, 1.807) is 0 Å². The molecule has 0 bridgehead atoms. The number of hydrogen-bond donors (Lipinski definition) is 0. The van der Waals surface area contributed by atoms with Crippen molar-refractivity contribution in [1.82, 2.24) is 4.98 Å². The van der Waals surface area contributed by atoms with Crippen molar-refractivity contribution < 1.29 is 9.53 Å². The van der Waals surface area contributed by atoms with E-state index in [0.29, 0.717) is 17.6 Å². The minimum atomic E-state index is -0.0995. The highest BCUT2D eigenvalue weighted by Crippen LogP contribution is 2.30. The van der Waals surface area contributed by atoms with Gasteiger partial charge in [0.1, 0.15) is 6.42 Å². The maximum absolute atomic E-state index is 11.8. The molecule has 0 spiro atoms. The Bertz CT molecular complexity index is 602. The summed E-state index contributed by atoms with van der Waals surface area (Å²) in [6, 6.07) is 7.77. The van der Waals surface area contributed by atoms with E-state index in [1.165, 1.54) is 16.3 Å². The molecule has 1 aromatic heterocycles. The Morgan fingerprint density at radius 1 is 1.44 bits per heavy atom. The maximum Gasteiger partial charge on any atom is 0.259 e. The molecule has 0 saturated carbocycles. The zero-order valence-corrected chi connectivity index (χ0v) is 10.6. The summed E-state index contributed by atoms with van der Waals surface area (Å²) in [6.07, 6.45) is 0.212. The number of para-hydroxylation sites is 1. The first-order chi connectivity index (χ1) is 8.78. The minimum absolute atomic E-state index is 0.0995. The van der Waals surface area contributed by atoms with Crippen molar-refractivity contribution in [2.45, 2.75) is 13.3 Å². The summed E-state index contributed by atoms with van der Waals surface area (Å²) in [6.45, 7) is 2.38. The molecule has 2 aromatic rings. The van der Waals surface area contributed by atoms with Gasteiger partial charge in [-0.1, -0.05) is 23.5 Å². The Hall–Kier alpha value is -1.95. The van der Waals surface area contributed by atoms with Crippen LogP contribution < -0.4 is 5.01 Å². The highest BCUT2D eigenvalue weighted by atomic mass is 32.1. The number of hydrogen-bond acceptors (Lipinski definition) is 5. The highest BCUT2D eigenvalue weighted by molar-refractivity contribution is 7.22. The molecule has 1 aromatic carbocycles. The van der Waals surface area contributed by atoms with Gasteiger partial charge < -0.3 is 4.74 Å². The van der Waals surface area contributed by atoms with Crippen LogP contribution in [0.2, 0.25) is 0 Å². The Morgan fingerprint density at radius 2 is 2.28 bits per heavy atom. The van der Waals surface area contributed by atoms with E-state index in [0.717, 1.165) is 10.2 Å². The van der Waals surface area contributed by atoms with Crippen LogP contribution in [0.4, 0.5) is 5.13 Å². The predicted octanol–water partition coefficient (Wildman–Crippen LogP) is 2.38. The number of aromatic nitrogens is 1. The summed E-state index contributed by atoms with van der Waals surface area (Å²) in [7, 11) is 0. The summed E-state index contributed by atoms with van der Waals surface area (Å²) < 4.78 is 6.31. The van der Waals surface area contributed by atoms with Gasteiger partial charge in [0.15, 0.2) is 0 Å². The molecule has 2 heterocycles. The number of fused-ring (bicyclic) bond motifs is 1. The lowest BCUT2D eigenvalue weighted by Crippen LogP contribution is -2.19. The van der Waals surface area contributed by atoms with Gasteiger partial charge in [0, 0.05) is 0 Å². The molecule has 0 fully saturated rings. The molecule has 5 nitrogen and oxygen atoms in total. The maximum atomic E-state index is 11.8. The molecule has 1 aliphatic rings. The normalized spacial score (nSPS) is 15.3. The van der Waals surface area contributed by atoms with Crippen LogP contribution in [0, 0.1) is 0 Å². The molecule has 0 aliphatic carbocycles. The van der Waals surface area contributed by atoms with Crippen molar-refractivity contribution in [3.05, 3.63) is 24.3 Å². The van der Waals surface area contributed by atoms with E-state index >= 15 is 0 Å². The molecule has 18 heavy (non-hydrogen) atoms. The number of hydrazone groups is 1. The lowest BCUT2D eigenvalue weighted by molar-refractivity contribution is -0.117. The minimum Gasteiger partial charge on any atom is -0.480 e. The molecule has 0 saturated heterocycles. The second-order valence-electron chi connectivity index (χ2n) is 3.77. The second kappa shape index (κ2) is 4.38. The van der Waals surface area contributed by atoms with Gasteiger partial charge in [-0.25, -0.2) is 4.98 Å². The fourth-order valence-corrected chi connectivity index (χ4v) is 2.69. The van der Waals surface area contributed by atoms with Crippen LogP contribution in [0.15, 0.2) is 29.4 Å². The average molecular weight is 261 g/mol. The molecule has 0 unspecified atom stereocenters. The van der Waals surface area contributed by atoms with Gasteiger partial charge in [0.25, 0.3) is 5.91 Å². The Labute approximate surface area is 108 Å². The van der Waals surface area contributed by atoms with Crippen LogP contribution in [0.5, 0.6) is 0 Å². The predicted molar refractivity (Wildman–Crippen MR) is 70.8 cm³/mol. The summed E-state index contributed by atoms with van der Waals surface area (Å²) in [5.41, 5.74) is 0.880. The van der Waals surface area contributed by atoms with E-state index in [9.17, 15) is 4.79 Å². The Kier molecular flexibility index (Phi) is 2.71. The van der Waals surface area contributed by atoms with E-state index in [-0.39, 0.29) is 12.3 Å². The van der Waals surface area contributed by atoms with Crippen LogP contribution in [-0.4, -0.2) is 23.4 Å². The molecule has 0 N–H and O–H groups in total. The van der Waals surface area contributed by atoms with E-state index < -0.39 is 0 Å². The van der Waals surface area contributed by atoms with Gasteiger partial charge in [-0.2, -0.15) is 5.01 Å². The first-order valence-electron chi connectivity index (χ1n) is 5.66. The molecular weight excluding hydrogens is 250 g/mol. The van der Waals surface area contributed by atoms with Crippen LogP contribution in [0.3, 0.4) is 0 Å². The number of thiazole rings is 1. The van der Waals surface area contributed by atoms with E-state index in [4.69, 9.17) is 4.74 Å². The Morgan fingerprint density at radius 3 is 3.06 bits per heavy atom. The van der Waals surface area contributed by atoms with Gasteiger partial charge in [0.05, 0.1) is 16.8 Å². The van der Waals surface area contributed by atoms with Gasteiger partial charge in [0.2, 0.25) is 11.0 Å². The van der Waals surface area contributed by atoms with Crippen LogP contribution in [0.25, 0.3) is 10.2 Å². The molecule has 0 radical (unpaired) electrons. The molecule has 1 aliphatic heterocycles. The van der Waals surface area contributed by atoms with Gasteiger partial charge in [-0.15, -0.1) is 5.10 Å². The number of nitrogens with zero attached hydrogens (tertiary/aromatic N) is 3. The van der Waals surface area contributed by atoms with Crippen LogP contribution >= 0.6 is 11.3 Å². The summed E-state index contributed by atoms with van der Waals surface area (Å²) in [5, 5.41) is 6.07. The number of ether oxygens (including phenoxy) is 1. The van der Waals surface area contributed by atoms with E-state index in [1.807, 2.05) is 31.2 Å². The van der Waals surface area contributed by atoms with Crippen molar-refractivity contribution in [2.24, 2.45) is 5.10 Å². The number of benzene rings is 1. The summed E-state index contributed by atoms with van der Waals surface area (Å²) >= 11 is 1.45. The average Bonchev–Trinajstić information content (AvgIpc) is 2.92. The number of carbonyl (C=O) groups excluding carboxylic acids is 1. The topological polar surface area (TPSA) is 54.8 Å². The first-order valence-corrected chi connectivity index (χ1v) is 6.48. The van der Waals surface area contributed by atoms with Crippen molar-refractivity contribution in [3.8, 4) is 0 Å². The molecule has 6 heteroatoms. The van der Waals surface area contributed by atoms with Crippen LogP contribution in [-0.2, 0) is 9.53 Å². The van der Waals surface area contributed by atoms with Crippen molar-refractivity contribution in [2.75, 3.05) is 11.6 Å². The lowest BCUT2D eigenvalue weighted by atomic mass is 10.3. The van der Waals surface area contributed by atoms with Gasteiger partial charge in [-0.05, 0) is 19.1 Å². The van der Waals surface area contributed by atoms with Crippen molar-refractivity contribution in [3.63, 3.8) is 0 Å². The molecule has 92 valence electrons. The Balaban J connectivity index is 1.96. The highest BCUT2D eigenvalue weighted by Gasteiger charge is 2.28. The quantitative estimate of drug-likeness (QED) is 0.834. The molecule has 1 amide bonds. The summed E-state index contributed by atoms with van der Waals surface area (Å²) in [4.78, 5) is 16.2. The third kappa shape index (κ3) is 1.84. The van der Waals surface area contributed by atoms with Gasteiger partial charge in [-0.3, -0.25) is 4.79 Å². The standard InChI is InChI=1S/C12H11N3O2S/c1-2-17-10-7-11(16)15(14-10)12-13-8-5-3-4-6-9(8)18-12/h3-6H,2,7H2,1H3. The summed E-state index contributed by atoms with van der Waals surface area (Å²) in [5.74, 6) is 0.360. The van der Waals surface area contributed by atoms with Gasteiger partial charge >= 0.3 is 0 Å².